The summed E-state index contributed by atoms with van der Waals surface area (Å²) in [6.07, 6.45) is 5.52. The van der Waals surface area contributed by atoms with Crippen LogP contribution in [-0.2, 0) is 11.2 Å². The maximum absolute atomic E-state index is 12.7. The average Bonchev–Trinajstić information content (AvgIpc) is 2.80. The fraction of sp³-hybridized carbons (Fsp3) is 0.680. The Kier molecular flexibility index (Phi) is 11.4. The zero-order valence-corrected chi connectivity index (χ0v) is 20.1. The highest BCUT2D eigenvalue weighted by Crippen LogP contribution is 2.21. The number of rotatable bonds is 11. The minimum atomic E-state index is 0.162. The summed E-state index contributed by atoms with van der Waals surface area (Å²) in [6.45, 7) is 11.9. The third kappa shape index (κ3) is 9.30. The van der Waals surface area contributed by atoms with E-state index in [9.17, 15) is 4.79 Å². The lowest BCUT2D eigenvalue weighted by atomic mass is 9.90. The Balaban J connectivity index is 1.65. The Morgan fingerprint density at radius 3 is 2.48 bits per heavy atom. The first-order valence-electron chi connectivity index (χ1n) is 12.1. The Morgan fingerprint density at radius 1 is 1.19 bits per heavy atom. The van der Waals surface area contributed by atoms with E-state index in [4.69, 9.17) is 0 Å². The second-order valence-electron chi connectivity index (χ2n) is 8.65. The number of benzene rings is 1. The van der Waals surface area contributed by atoms with E-state index in [0.29, 0.717) is 24.5 Å². The third-order valence-electron chi connectivity index (χ3n) is 6.35. The Labute approximate surface area is 189 Å². The summed E-state index contributed by atoms with van der Waals surface area (Å²) in [5.74, 6) is 1.55. The first-order valence-corrected chi connectivity index (χ1v) is 12.1. The molecule has 174 valence electrons. The number of amides is 1. The summed E-state index contributed by atoms with van der Waals surface area (Å²) in [4.78, 5) is 21.4. The lowest BCUT2D eigenvalue weighted by Crippen LogP contribution is -2.48. The van der Waals surface area contributed by atoms with E-state index in [-0.39, 0.29) is 5.91 Å². The van der Waals surface area contributed by atoms with Gasteiger partial charge in [-0.05, 0) is 70.1 Å². The molecule has 0 bridgehead atoms. The number of likely N-dealkylation sites (tertiary alicyclic amines) is 1. The monoisotopic (exact) mass is 429 g/mol. The van der Waals surface area contributed by atoms with Crippen molar-refractivity contribution in [3.8, 4) is 0 Å². The van der Waals surface area contributed by atoms with Crippen LogP contribution in [0.5, 0.6) is 0 Å². The topological polar surface area (TPSA) is 60.0 Å². The second-order valence-corrected chi connectivity index (χ2v) is 8.65. The molecular formula is C25H43N5O. The molecule has 1 aromatic carbocycles. The maximum atomic E-state index is 12.7. The predicted octanol–water partition coefficient (Wildman–Crippen LogP) is 3.14. The summed E-state index contributed by atoms with van der Waals surface area (Å²) in [5, 5.41) is 6.63. The van der Waals surface area contributed by atoms with Gasteiger partial charge in [0, 0.05) is 26.2 Å². The lowest BCUT2D eigenvalue weighted by molar-refractivity contribution is -0.131. The van der Waals surface area contributed by atoms with Crippen LogP contribution < -0.4 is 10.6 Å². The third-order valence-corrected chi connectivity index (χ3v) is 6.35. The van der Waals surface area contributed by atoms with Gasteiger partial charge < -0.3 is 20.4 Å². The maximum Gasteiger partial charge on any atom is 0.241 e. The number of hydrogen-bond acceptors (Lipinski definition) is 3. The SMILES string of the molecule is CCN(CC)CCCC(C)NC(=NC)NCC(=O)N1CCC(Cc2ccccc2)CC1. The molecule has 6 nitrogen and oxygen atoms in total. The Bertz CT molecular complexity index is 651. The molecule has 0 spiro atoms. The number of nitrogens with zero attached hydrogens (tertiary/aromatic N) is 3. The van der Waals surface area contributed by atoms with Crippen LogP contribution in [0.1, 0.15) is 52.0 Å². The first kappa shape index (κ1) is 25.2. The predicted molar refractivity (Wildman–Crippen MR) is 130 cm³/mol. The molecule has 1 heterocycles. The molecule has 1 fully saturated rings. The van der Waals surface area contributed by atoms with Gasteiger partial charge in [0.15, 0.2) is 5.96 Å². The van der Waals surface area contributed by atoms with Gasteiger partial charge in [0.2, 0.25) is 5.91 Å². The highest BCUT2D eigenvalue weighted by molar-refractivity contribution is 5.86. The van der Waals surface area contributed by atoms with Crippen LogP contribution in [0.4, 0.5) is 0 Å². The fourth-order valence-corrected chi connectivity index (χ4v) is 4.27. The van der Waals surface area contributed by atoms with Crippen LogP contribution in [0.25, 0.3) is 0 Å². The van der Waals surface area contributed by atoms with Crippen molar-refractivity contribution in [3.05, 3.63) is 35.9 Å². The summed E-state index contributed by atoms with van der Waals surface area (Å²) in [6, 6.07) is 11.0. The Morgan fingerprint density at radius 2 is 1.87 bits per heavy atom. The number of hydrogen-bond donors (Lipinski definition) is 2. The van der Waals surface area contributed by atoms with Gasteiger partial charge in [-0.15, -0.1) is 0 Å². The van der Waals surface area contributed by atoms with Crippen LogP contribution in [0.15, 0.2) is 35.3 Å². The largest absolute Gasteiger partial charge is 0.354 e. The molecule has 1 saturated heterocycles. The smallest absolute Gasteiger partial charge is 0.241 e. The molecule has 2 rings (SSSR count). The van der Waals surface area contributed by atoms with Crippen molar-refractivity contribution in [2.24, 2.45) is 10.9 Å². The zero-order chi connectivity index (χ0) is 22.5. The number of guanidine groups is 1. The summed E-state index contributed by atoms with van der Waals surface area (Å²) in [5.41, 5.74) is 1.40. The second kappa shape index (κ2) is 14.1. The molecule has 0 aliphatic carbocycles. The minimum absolute atomic E-state index is 0.162. The van der Waals surface area contributed by atoms with Crippen molar-refractivity contribution in [2.75, 3.05) is 46.3 Å². The van der Waals surface area contributed by atoms with Gasteiger partial charge in [0.05, 0.1) is 6.54 Å². The normalized spacial score (nSPS) is 16.4. The number of nitrogens with one attached hydrogen (secondary N) is 2. The minimum Gasteiger partial charge on any atom is -0.354 e. The molecule has 1 atom stereocenters. The molecular weight excluding hydrogens is 386 g/mol. The molecule has 0 aromatic heterocycles. The van der Waals surface area contributed by atoms with Crippen LogP contribution >= 0.6 is 0 Å². The van der Waals surface area contributed by atoms with E-state index in [1.807, 2.05) is 4.90 Å². The molecule has 1 aliphatic rings. The molecule has 2 N–H and O–H groups in total. The molecule has 31 heavy (non-hydrogen) atoms. The summed E-state index contributed by atoms with van der Waals surface area (Å²) < 4.78 is 0. The van der Waals surface area contributed by atoms with E-state index in [1.165, 1.54) is 5.56 Å². The quantitative estimate of drug-likeness (QED) is 0.419. The van der Waals surface area contributed by atoms with Crippen molar-refractivity contribution in [1.82, 2.24) is 20.4 Å². The van der Waals surface area contributed by atoms with Gasteiger partial charge in [0.1, 0.15) is 0 Å². The van der Waals surface area contributed by atoms with Gasteiger partial charge in [-0.2, -0.15) is 0 Å². The van der Waals surface area contributed by atoms with Gasteiger partial charge in [-0.1, -0.05) is 44.2 Å². The highest BCUT2D eigenvalue weighted by Gasteiger charge is 2.23. The Hall–Kier alpha value is -2.08. The van der Waals surface area contributed by atoms with Gasteiger partial charge in [-0.25, -0.2) is 0 Å². The summed E-state index contributed by atoms with van der Waals surface area (Å²) >= 11 is 0. The zero-order valence-electron chi connectivity index (χ0n) is 20.1. The first-order chi connectivity index (χ1) is 15.0. The van der Waals surface area contributed by atoms with Gasteiger partial charge >= 0.3 is 0 Å². The molecule has 1 amide bonds. The number of piperidine rings is 1. The highest BCUT2D eigenvalue weighted by atomic mass is 16.2. The van der Waals surface area contributed by atoms with Crippen molar-refractivity contribution in [2.45, 2.75) is 58.9 Å². The van der Waals surface area contributed by atoms with Gasteiger partial charge in [0.25, 0.3) is 0 Å². The van der Waals surface area contributed by atoms with Crippen molar-refractivity contribution >= 4 is 11.9 Å². The van der Waals surface area contributed by atoms with Crippen LogP contribution in [-0.4, -0.2) is 74.0 Å². The fourth-order valence-electron chi connectivity index (χ4n) is 4.27. The average molecular weight is 430 g/mol. The molecule has 0 radical (unpaired) electrons. The van der Waals surface area contributed by atoms with Crippen LogP contribution in [0, 0.1) is 5.92 Å². The molecule has 1 aromatic rings. The van der Waals surface area contributed by atoms with Gasteiger partial charge in [-0.3, -0.25) is 9.79 Å². The standard InChI is InChI=1S/C25H43N5O/c1-5-29(6-2)16-10-11-21(3)28-25(26-4)27-20-24(31)30-17-14-23(15-18-30)19-22-12-8-7-9-13-22/h7-9,12-13,21,23H,5-6,10-11,14-20H2,1-4H3,(H2,26,27,28). The van der Waals surface area contributed by atoms with E-state index >= 15 is 0 Å². The van der Waals surface area contributed by atoms with E-state index in [1.54, 1.807) is 7.05 Å². The van der Waals surface area contributed by atoms with Crippen molar-refractivity contribution in [3.63, 3.8) is 0 Å². The molecule has 1 aliphatic heterocycles. The summed E-state index contributed by atoms with van der Waals surface area (Å²) in [7, 11) is 1.76. The van der Waals surface area contributed by atoms with E-state index < -0.39 is 0 Å². The van der Waals surface area contributed by atoms with Crippen molar-refractivity contribution < 1.29 is 4.79 Å². The van der Waals surface area contributed by atoms with E-state index in [2.05, 4.69) is 71.6 Å². The van der Waals surface area contributed by atoms with Crippen LogP contribution in [0.3, 0.4) is 0 Å². The van der Waals surface area contributed by atoms with Crippen LogP contribution in [0.2, 0.25) is 0 Å². The number of carbonyl (C=O) groups excluding carboxylic acids is 1. The molecule has 1 unspecified atom stereocenters. The molecule has 0 saturated carbocycles. The lowest BCUT2D eigenvalue weighted by Gasteiger charge is -2.32. The van der Waals surface area contributed by atoms with Crippen molar-refractivity contribution in [1.29, 1.82) is 0 Å². The van der Waals surface area contributed by atoms with E-state index in [0.717, 1.165) is 64.8 Å². The number of aliphatic imine (C=N–C) groups is 1. The molecule has 6 heteroatoms. The number of carbonyl (C=O) groups is 1.